The number of hydrogen-bond acceptors (Lipinski definition) is 17. The normalized spacial score (nSPS) is 10.8. The molecule has 19 rings (SSSR count). The quantitative estimate of drug-likeness (QED) is 0.0143. The highest BCUT2D eigenvalue weighted by Gasteiger charge is 2.32. The number of ether oxygens (including phenoxy) is 1. The van der Waals surface area contributed by atoms with Crippen molar-refractivity contribution in [3.05, 3.63) is 577 Å². The lowest BCUT2D eigenvalue weighted by molar-refractivity contribution is -0.130. The van der Waals surface area contributed by atoms with Crippen molar-refractivity contribution in [2.75, 3.05) is 5.75 Å². The summed E-state index contributed by atoms with van der Waals surface area (Å²) in [5.74, 6) is -0.939. The third kappa shape index (κ3) is 38.0. The maximum Gasteiger partial charge on any atom is 0.338 e. The Kier molecular flexibility index (Phi) is 46.1. The van der Waals surface area contributed by atoms with E-state index in [0.717, 1.165) is 29.3 Å². The molecule has 0 amide bonds. The van der Waals surface area contributed by atoms with Crippen molar-refractivity contribution < 1.29 is 74.4 Å². The first-order valence-electron chi connectivity index (χ1n) is 45.2. The average Bonchev–Trinajstić information content (AvgIpc) is 1.60. The molecule has 0 aliphatic heterocycles. The molecule has 0 N–H and O–H groups in total. The molecule has 0 fully saturated rings. The van der Waals surface area contributed by atoms with Gasteiger partial charge in [-0.05, 0) is 249 Å². The van der Waals surface area contributed by atoms with Crippen molar-refractivity contribution in [1.29, 1.82) is 0 Å². The van der Waals surface area contributed by atoms with Gasteiger partial charge in [-0.1, -0.05) is 330 Å². The van der Waals surface area contributed by atoms with Gasteiger partial charge in [0.2, 0.25) is 0 Å². The second-order valence-corrected chi connectivity index (χ2v) is 47.8. The van der Waals surface area contributed by atoms with Gasteiger partial charge in [-0.3, -0.25) is 0 Å². The molecule has 0 saturated carbocycles. The SMILES string of the molecule is C=C(C)C(=O)Oc1ccc(S(=O)(=O)[O-])cc1.C=CCS(=O)(=O)[O-].C=CS(=O)(=O)[O-].C=Cc1ccc(S(=O)(=O)[O-])cc1.C=Cc1ccc(S(=O)(=O)[O-])cc1.c1ccc(-[s+]2c3ccccc3c3ccccc32)cc1.c1ccc([S+](c2ccccc2)c2ccccc2)cc1.c1ccc([S+](c2ccccc2)c2ccccc2)cc1.c1ccc([S+](c2ccccc2)c2ccccc2)cc1.c1ccc([S+](c2ccccc2)c2ccccc2)cc1. The molecular formula is C121H104O17S10. The van der Waals surface area contributed by atoms with Gasteiger partial charge < -0.3 is 27.5 Å². The molecule has 0 unspecified atom stereocenters. The molecule has 17 nitrogen and oxygen atoms in total. The summed E-state index contributed by atoms with van der Waals surface area (Å²) < 4.78 is 159. The Balaban J connectivity index is 0.000000171. The predicted molar refractivity (Wildman–Crippen MR) is 600 cm³/mol. The molecule has 27 heteroatoms. The van der Waals surface area contributed by atoms with Crippen molar-refractivity contribution in [2.45, 2.75) is 80.4 Å². The topological polar surface area (TPSA) is 312 Å². The molecule has 0 atom stereocenters. The van der Waals surface area contributed by atoms with Gasteiger partial charge in [0.25, 0.3) is 0 Å². The van der Waals surface area contributed by atoms with Crippen molar-refractivity contribution >= 4 is 143 Å². The molecule has 0 saturated heterocycles. The summed E-state index contributed by atoms with van der Waals surface area (Å²) >= 11 is 0. The number of thiophene rings is 1. The molecule has 0 spiro atoms. The third-order valence-corrected chi connectivity index (χ3v) is 35.1. The van der Waals surface area contributed by atoms with Gasteiger partial charge >= 0.3 is 5.97 Å². The highest BCUT2D eigenvalue weighted by Crippen LogP contribution is 2.48. The first-order valence-corrected chi connectivity index (χ1v) is 58.6. The first-order chi connectivity index (χ1) is 71.2. The average molecular weight is 2150 g/mol. The van der Waals surface area contributed by atoms with Crippen LogP contribution in [0.25, 0.3) is 37.2 Å². The van der Waals surface area contributed by atoms with Crippen molar-refractivity contribution in [1.82, 2.24) is 0 Å². The van der Waals surface area contributed by atoms with Crippen LogP contribution in [0.1, 0.15) is 18.1 Å². The summed E-state index contributed by atoms with van der Waals surface area (Å²) in [6.45, 7) is 17.7. The van der Waals surface area contributed by atoms with Gasteiger partial charge in [-0.15, -0.1) is 6.58 Å². The lowest BCUT2D eigenvalue weighted by Gasteiger charge is -2.08. The summed E-state index contributed by atoms with van der Waals surface area (Å²) in [7, 11) is -21.3. The minimum Gasteiger partial charge on any atom is -0.748 e. The number of carbonyl (C=O) groups is 1. The van der Waals surface area contributed by atoms with Crippen LogP contribution < -0.4 is 4.74 Å². The summed E-state index contributed by atoms with van der Waals surface area (Å²) in [4.78, 5) is 28.0. The Labute approximate surface area is 882 Å². The van der Waals surface area contributed by atoms with Gasteiger partial charge in [-0.25, -0.2) is 46.9 Å². The first kappa shape index (κ1) is 115. The maximum atomic E-state index is 11.1. The molecule has 0 radical (unpaired) electrons. The second kappa shape index (κ2) is 59.2. The van der Waals surface area contributed by atoms with E-state index in [0.29, 0.717) is 5.41 Å². The van der Waals surface area contributed by atoms with E-state index in [1.54, 1.807) is 12.2 Å². The van der Waals surface area contributed by atoms with E-state index < -0.39 is 62.3 Å². The minimum atomic E-state index is -4.47. The lowest BCUT2D eigenvalue weighted by Crippen LogP contribution is -2.08. The zero-order chi connectivity index (χ0) is 106. The van der Waals surface area contributed by atoms with Crippen LogP contribution in [-0.4, -0.2) is 76.6 Å². The molecule has 148 heavy (non-hydrogen) atoms. The van der Waals surface area contributed by atoms with E-state index in [1.165, 1.54) is 151 Å². The monoisotopic (exact) mass is 2150 g/mol. The number of esters is 1. The summed E-state index contributed by atoms with van der Waals surface area (Å²) in [5.41, 5.74) is 1.78. The fourth-order valence-corrected chi connectivity index (χ4v) is 26.0. The molecular weight excluding hydrogens is 2050 g/mol. The zero-order valence-electron chi connectivity index (χ0n) is 80.1. The van der Waals surface area contributed by atoms with Gasteiger partial charge in [0.05, 0.1) is 74.1 Å². The van der Waals surface area contributed by atoms with E-state index >= 15 is 0 Å². The molecule has 750 valence electrons. The Hall–Kier alpha value is -14.7. The molecule has 0 bridgehead atoms. The zero-order valence-corrected chi connectivity index (χ0v) is 88.3. The lowest BCUT2D eigenvalue weighted by atomic mass is 10.2. The van der Waals surface area contributed by atoms with Crippen LogP contribution in [0.2, 0.25) is 0 Å². The molecule has 19 aromatic rings. The smallest absolute Gasteiger partial charge is 0.338 e. The van der Waals surface area contributed by atoms with Crippen LogP contribution in [0.15, 0.2) is 639 Å². The van der Waals surface area contributed by atoms with Crippen LogP contribution in [0.3, 0.4) is 0 Å². The Morgan fingerprint density at radius 2 is 0.453 bits per heavy atom. The number of rotatable bonds is 23. The highest BCUT2D eigenvalue weighted by molar-refractivity contribution is 7.98. The van der Waals surface area contributed by atoms with E-state index in [4.69, 9.17) is 4.74 Å². The summed E-state index contributed by atoms with van der Waals surface area (Å²) in [5, 5.41) is 3.14. The minimum absolute atomic E-state index is 0.0146. The maximum absolute atomic E-state index is 11.1. The third-order valence-electron chi connectivity index (χ3n) is 20.2. The van der Waals surface area contributed by atoms with Crippen LogP contribution in [-0.2, 0) is 99.0 Å². The fraction of sp³-hybridized carbons (Fsp3) is 0.0165. The summed E-state index contributed by atoms with van der Waals surface area (Å²) in [6.07, 6.45) is 4.20. The van der Waals surface area contributed by atoms with E-state index in [2.05, 4.69) is 476 Å². The molecule has 18 aromatic carbocycles. The van der Waals surface area contributed by atoms with Crippen LogP contribution in [0.5, 0.6) is 5.75 Å². The van der Waals surface area contributed by atoms with Crippen LogP contribution in [0, 0.1) is 0 Å². The van der Waals surface area contributed by atoms with Crippen molar-refractivity contribution in [3.63, 3.8) is 0 Å². The van der Waals surface area contributed by atoms with Crippen LogP contribution in [0.4, 0.5) is 0 Å². The number of benzene rings is 18. The van der Waals surface area contributed by atoms with Gasteiger partial charge in [0.15, 0.2) is 73.0 Å². The Bertz CT molecular complexity index is 6970. The van der Waals surface area contributed by atoms with Gasteiger partial charge in [-0.2, -0.15) is 0 Å². The van der Waals surface area contributed by atoms with E-state index in [1.807, 2.05) is 0 Å². The fourth-order valence-electron chi connectivity index (χ4n) is 13.5. The van der Waals surface area contributed by atoms with Crippen molar-refractivity contribution in [3.8, 4) is 10.6 Å². The highest BCUT2D eigenvalue weighted by atomic mass is 32.2. The number of fused-ring (bicyclic) bond motifs is 3. The van der Waals surface area contributed by atoms with Gasteiger partial charge in [0, 0.05) is 32.2 Å². The Morgan fingerprint density at radius 1 is 0.270 bits per heavy atom. The molecule has 0 aliphatic carbocycles. The predicted octanol–water partition coefficient (Wildman–Crippen LogP) is 27.8. The molecule has 0 aliphatic rings. The van der Waals surface area contributed by atoms with Crippen LogP contribution >= 0.6 is 10.5 Å². The van der Waals surface area contributed by atoms with E-state index in [9.17, 15) is 69.6 Å². The standard InChI is InChI=1S/C18H13S.4C18H15S.C10H10O5S.2C8H8O3S.C3H6O3S.C2H4O3S/c1-2-8-14(9-3-1)19-17-12-6-4-10-15(17)16-11-5-7-13-18(16)19;4*1-4-10-16(11-5-1)19(17-12-6-2-7-13-17)18-14-8-3-9-15-18;1-7(2)10(11)15-8-3-5-9(6-4-8)16(12,13)14;2*1-2-7-3-5-8(6-4-7)12(9,10)11;1-2-3-7(4,5)6;1-2-6(3,4)5/h1-13H;4*1-15H;3-6H,1H2,2H3,(H,12,13,14);2*2-6H,1H2,(H,9,10,11);2H,1,3H2,(H,4,5,6);2H,1H2,(H,3,4,5)/q5*+1;;;;;/p-5. The van der Waals surface area contributed by atoms with Gasteiger partial charge in [0.1, 0.15) is 46.2 Å². The summed E-state index contributed by atoms with van der Waals surface area (Å²) in [6, 6.07) is 173. The Morgan fingerprint density at radius 3 is 0.615 bits per heavy atom. The van der Waals surface area contributed by atoms with Crippen molar-refractivity contribution in [2.24, 2.45) is 0 Å². The molecule has 1 aromatic heterocycles. The van der Waals surface area contributed by atoms with E-state index in [-0.39, 0.29) is 80.1 Å². The largest absolute Gasteiger partial charge is 0.748 e. The number of hydrogen-bond donors (Lipinski definition) is 0. The second-order valence-electron chi connectivity index (χ2n) is 30.8. The number of carbonyl (C=O) groups excluding carboxylic acids is 1. The molecule has 1 heterocycles.